The van der Waals surface area contributed by atoms with Crippen LogP contribution in [0.4, 0.5) is 5.69 Å². The Hall–Kier alpha value is -2.56. The van der Waals surface area contributed by atoms with Crippen LogP contribution in [0.5, 0.6) is 0 Å². The van der Waals surface area contributed by atoms with E-state index < -0.39 is 0 Å². The summed E-state index contributed by atoms with van der Waals surface area (Å²) in [6.45, 7) is 1.80. The predicted molar refractivity (Wildman–Crippen MR) is 72.7 cm³/mol. The molecule has 0 spiro atoms. The first-order valence-electron chi connectivity index (χ1n) is 6.02. The first-order valence-corrected chi connectivity index (χ1v) is 6.02. The Balaban J connectivity index is 1.78. The van der Waals surface area contributed by atoms with Crippen molar-refractivity contribution >= 4 is 22.5 Å². The molecule has 2 heterocycles. The van der Waals surface area contributed by atoms with E-state index in [0.29, 0.717) is 0 Å². The number of H-pyrrole nitrogens is 1. The molecule has 2 aromatic heterocycles. The third kappa shape index (κ3) is 2.22. The molecule has 3 aromatic rings. The van der Waals surface area contributed by atoms with E-state index in [4.69, 9.17) is 0 Å². The minimum absolute atomic E-state index is 0.105. The Kier molecular flexibility index (Phi) is 2.79. The van der Waals surface area contributed by atoms with Gasteiger partial charge in [-0.15, -0.1) is 0 Å². The lowest BCUT2D eigenvalue weighted by Crippen LogP contribution is -2.23. The van der Waals surface area contributed by atoms with Gasteiger partial charge in [0, 0.05) is 35.1 Å². The molecule has 0 fully saturated rings. The van der Waals surface area contributed by atoms with E-state index >= 15 is 0 Å². The van der Waals surface area contributed by atoms with Crippen LogP contribution in [0.25, 0.3) is 10.9 Å². The molecule has 95 valence electrons. The van der Waals surface area contributed by atoms with Gasteiger partial charge in [-0.2, -0.15) is 5.10 Å². The zero-order chi connectivity index (χ0) is 13.2. The van der Waals surface area contributed by atoms with Gasteiger partial charge < -0.3 is 10.3 Å². The van der Waals surface area contributed by atoms with Gasteiger partial charge in [-0.05, 0) is 31.2 Å². The van der Waals surface area contributed by atoms with Gasteiger partial charge in [0.25, 0.3) is 0 Å². The molecule has 1 atom stereocenters. The quantitative estimate of drug-likeness (QED) is 0.752. The lowest BCUT2D eigenvalue weighted by molar-refractivity contribution is -0.119. The molecule has 0 aliphatic heterocycles. The van der Waals surface area contributed by atoms with E-state index in [1.807, 2.05) is 30.5 Å². The summed E-state index contributed by atoms with van der Waals surface area (Å²) in [7, 11) is 0. The SMILES string of the molecule is CC(C(=O)Nc1ccc2[nH]ccc2c1)n1c[c]cn1. The number of aromatic nitrogens is 3. The smallest absolute Gasteiger partial charge is 0.248 e. The van der Waals surface area contributed by atoms with Gasteiger partial charge >= 0.3 is 0 Å². The highest BCUT2D eigenvalue weighted by Gasteiger charge is 2.15. The molecule has 5 heteroatoms. The van der Waals surface area contributed by atoms with Crippen LogP contribution in [0.3, 0.4) is 0 Å². The van der Waals surface area contributed by atoms with Crippen LogP contribution in [0.1, 0.15) is 13.0 Å². The summed E-state index contributed by atoms with van der Waals surface area (Å²) in [5.41, 5.74) is 1.83. The van der Waals surface area contributed by atoms with Gasteiger partial charge in [0.15, 0.2) is 0 Å². The van der Waals surface area contributed by atoms with Crippen molar-refractivity contribution in [3.63, 3.8) is 0 Å². The number of hydrogen-bond acceptors (Lipinski definition) is 2. The Morgan fingerprint density at radius 3 is 3.16 bits per heavy atom. The Morgan fingerprint density at radius 2 is 2.37 bits per heavy atom. The molecule has 0 saturated heterocycles. The van der Waals surface area contributed by atoms with E-state index in [1.54, 1.807) is 17.8 Å². The number of hydrogen-bond donors (Lipinski definition) is 2. The monoisotopic (exact) mass is 253 g/mol. The van der Waals surface area contributed by atoms with Crippen molar-refractivity contribution in [2.45, 2.75) is 13.0 Å². The third-order valence-electron chi connectivity index (χ3n) is 3.07. The first kappa shape index (κ1) is 11.5. The molecule has 1 radical (unpaired) electrons. The number of nitrogens with zero attached hydrogens (tertiary/aromatic N) is 2. The molecule has 0 aliphatic rings. The van der Waals surface area contributed by atoms with Gasteiger partial charge in [0.05, 0.1) is 6.20 Å². The van der Waals surface area contributed by atoms with Crippen molar-refractivity contribution in [2.75, 3.05) is 5.32 Å². The maximum absolute atomic E-state index is 12.1. The molecule has 1 unspecified atom stereocenters. The number of amides is 1. The van der Waals surface area contributed by atoms with Crippen molar-refractivity contribution in [3.05, 3.63) is 48.9 Å². The van der Waals surface area contributed by atoms with E-state index in [-0.39, 0.29) is 11.9 Å². The second kappa shape index (κ2) is 4.61. The van der Waals surface area contributed by atoms with E-state index in [0.717, 1.165) is 16.6 Å². The topological polar surface area (TPSA) is 62.7 Å². The van der Waals surface area contributed by atoms with Gasteiger partial charge in [-0.25, -0.2) is 0 Å². The molecule has 0 aliphatic carbocycles. The van der Waals surface area contributed by atoms with Crippen LogP contribution < -0.4 is 5.32 Å². The molecule has 2 N–H and O–H groups in total. The van der Waals surface area contributed by atoms with E-state index in [1.165, 1.54) is 6.20 Å². The van der Waals surface area contributed by atoms with Gasteiger partial charge in [-0.1, -0.05) is 0 Å². The largest absolute Gasteiger partial charge is 0.361 e. The minimum atomic E-state index is -0.367. The highest BCUT2D eigenvalue weighted by atomic mass is 16.2. The highest BCUT2D eigenvalue weighted by Crippen LogP contribution is 2.18. The van der Waals surface area contributed by atoms with Crippen LogP contribution in [0.2, 0.25) is 0 Å². The normalized spacial score (nSPS) is 12.5. The molecule has 1 aromatic carbocycles. The third-order valence-corrected chi connectivity index (χ3v) is 3.07. The fourth-order valence-electron chi connectivity index (χ4n) is 1.95. The van der Waals surface area contributed by atoms with Crippen LogP contribution in [0.15, 0.2) is 42.9 Å². The second-order valence-electron chi connectivity index (χ2n) is 4.37. The number of nitrogens with one attached hydrogen (secondary N) is 2. The van der Waals surface area contributed by atoms with E-state index in [2.05, 4.69) is 21.5 Å². The summed E-state index contributed by atoms with van der Waals surface area (Å²) < 4.78 is 1.57. The zero-order valence-electron chi connectivity index (χ0n) is 10.4. The summed E-state index contributed by atoms with van der Waals surface area (Å²) >= 11 is 0. The number of benzene rings is 1. The number of carbonyl (C=O) groups is 1. The number of rotatable bonds is 3. The summed E-state index contributed by atoms with van der Waals surface area (Å²) in [6.07, 6.45) is 5.06. The fraction of sp³-hybridized carbons (Fsp3) is 0.143. The summed E-state index contributed by atoms with van der Waals surface area (Å²) in [4.78, 5) is 15.2. The number of anilines is 1. The Morgan fingerprint density at radius 1 is 1.47 bits per heavy atom. The van der Waals surface area contributed by atoms with Crippen molar-refractivity contribution in [3.8, 4) is 0 Å². The highest BCUT2D eigenvalue weighted by molar-refractivity contribution is 5.95. The first-order chi connectivity index (χ1) is 9.24. The van der Waals surface area contributed by atoms with Crippen molar-refractivity contribution in [2.24, 2.45) is 0 Å². The van der Waals surface area contributed by atoms with E-state index in [9.17, 15) is 4.79 Å². The standard InChI is InChI=1S/C14H13N4O/c1-10(18-8-2-6-16-18)14(19)17-12-3-4-13-11(9-12)5-7-15-13/h3-10,15H,1H3,(H,17,19). The molecular weight excluding hydrogens is 240 g/mol. The zero-order valence-corrected chi connectivity index (χ0v) is 10.4. The second-order valence-corrected chi connectivity index (χ2v) is 4.37. The average molecular weight is 253 g/mol. The van der Waals surface area contributed by atoms with Crippen LogP contribution in [0, 0.1) is 6.07 Å². The van der Waals surface area contributed by atoms with Crippen molar-refractivity contribution in [1.29, 1.82) is 0 Å². The minimum Gasteiger partial charge on any atom is -0.361 e. The molecule has 3 rings (SSSR count). The molecule has 0 bridgehead atoms. The van der Waals surface area contributed by atoms with Crippen molar-refractivity contribution < 1.29 is 4.79 Å². The maximum atomic E-state index is 12.1. The Bertz CT molecular complexity index is 699. The van der Waals surface area contributed by atoms with Crippen LogP contribution in [-0.4, -0.2) is 20.7 Å². The Labute approximate surface area is 110 Å². The van der Waals surface area contributed by atoms with Gasteiger partial charge in [-0.3, -0.25) is 9.48 Å². The summed E-state index contributed by atoms with van der Waals surface area (Å²) in [5, 5.41) is 7.97. The van der Waals surface area contributed by atoms with Gasteiger partial charge in [0.1, 0.15) is 6.04 Å². The maximum Gasteiger partial charge on any atom is 0.248 e. The lowest BCUT2D eigenvalue weighted by Gasteiger charge is -2.12. The summed E-state index contributed by atoms with van der Waals surface area (Å²) in [5.74, 6) is -0.105. The molecule has 0 saturated carbocycles. The lowest BCUT2D eigenvalue weighted by atomic mass is 10.2. The number of carbonyl (C=O) groups excluding carboxylic acids is 1. The van der Waals surface area contributed by atoms with Crippen LogP contribution in [-0.2, 0) is 4.79 Å². The molecule has 5 nitrogen and oxygen atoms in total. The molecular formula is C14H13N4O. The number of fused-ring (bicyclic) bond motifs is 1. The average Bonchev–Trinajstić information content (AvgIpc) is 3.08. The van der Waals surface area contributed by atoms with Gasteiger partial charge in [0.2, 0.25) is 5.91 Å². The molecule has 1 amide bonds. The fourth-order valence-corrected chi connectivity index (χ4v) is 1.95. The van der Waals surface area contributed by atoms with Crippen LogP contribution >= 0.6 is 0 Å². The summed E-state index contributed by atoms with van der Waals surface area (Å²) in [6, 6.07) is 10.2. The predicted octanol–water partition coefficient (Wildman–Crippen LogP) is 2.36. The molecule has 19 heavy (non-hydrogen) atoms. The van der Waals surface area contributed by atoms with Crippen molar-refractivity contribution in [1.82, 2.24) is 14.8 Å². The number of aromatic amines is 1.